The van der Waals surface area contributed by atoms with E-state index in [0.717, 1.165) is 11.3 Å². The van der Waals surface area contributed by atoms with Gasteiger partial charge < -0.3 is 9.52 Å². The Labute approximate surface area is 170 Å². The molecule has 2 N–H and O–H groups in total. The van der Waals surface area contributed by atoms with Gasteiger partial charge in [0.2, 0.25) is 10.0 Å². The number of aryl methyl sites for hydroxylation is 2. The Morgan fingerprint density at radius 1 is 1.21 bits per heavy atom. The van der Waals surface area contributed by atoms with Crippen LogP contribution in [0.2, 0.25) is 0 Å². The number of H-pyrrole nitrogens is 1. The Bertz CT molecular complexity index is 1010. The van der Waals surface area contributed by atoms with Crippen molar-refractivity contribution in [2.75, 3.05) is 26.2 Å². The molecule has 0 atom stereocenters. The predicted molar refractivity (Wildman–Crippen MR) is 106 cm³/mol. The van der Waals surface area contributed by atoms with Crippen LogP contribution in [0.3, 0.4) is 0 Å². The lowest BCUT2D eigenvalue weighted by molar-refractivity contribution is 0.0691. The summed E-state index contributed by atoms with van der Waals surface area (Å²) < 4.78 is 32.9. The monoisotopic (exact) mass is 424 g/mol. The fourth-order valence-corrected chi connectivity index (χ4v) is 5.60. The second-order valence-corrected chi connectivity index (χ2v) is 10.3. The van der Waals surface area contributed by atoms with Crippen molar-refractivity contribution in [2.24, 2.45) is 0 Å². The molecule has 0 amide bonds. The highest BCUT2D eigenvalue weighted by atomic mass is 32.2. The smallest absolute Gasteiger partial charge is 0.340 e. The van der Waals surface area contributed by atoms with E-state index in [-0.39, 0.29) is 40.5 Å². The Hall–Kier alpha value is -2.17. The van der Waals surface area contributed by atoms with Gasteiger partial charge in [-0.1, -0.05) is 20.8 Å². The lowest BCUT2D eigenvalue weighted by Crippen LogP contribution is -2.48. The average molecular weight is 425 g/mol. The first-order valence-corrected chi connectivity index (χ1v) is 11.0. The number of hydrogen-bond donors (Lipinski definition) is 2. The molecule has 0 spiro atoms. The van der Waals surface area contributed by atoms with E-state index in [1.54, 1.807) is 0 Å². The number of aromatic amines is 1. The van der Waals surface area contributed by atoms with Crippen molar-refractivity contribution in [3.05, 3.63) is 34.5 Å². The number of nitrogens with zero attached hydrogens (tertiary/aromatic N) is 3. The van der Waals surface area contributed by atoms with Crippen molar-refractivity contribution >= 4 is 16.0 Å². The Balaban J connectivity index is 1.75. The van der Waals surface area contributed by atoms with E-state index < -0.39 is 16.0 Å². The maximum Gasteiger partial charge on any atom is 0.340 e. The molecule has 1 fully saturated rings. The molecule has 2 aromatic heterocycles. The van der Waals surface area contributed by atoms with Crippen molar-refractivity contribution in [3.8, 4) is 0 Å². The Kier molecular flexibility index (Phi) is 5.63. The average Bonchev–Trinajstić information content (AvgIpc) is 3.19. The summed E-state index contributed by atoms with van der Waals surface area (Å²) in [5.41, 5.74) is 1.84. The quantitative estimate of drug-likeness (QED) is 0.754. The zero-order chi connectivity index (χ0) is 21.6. The van der Waals surface area contributed by atoms with Gasteiger partial charge in [-0.3, -0.25) is 10.00 Å². The van der Waals surface area contributed by atoms with Crippen molar-refractivity contribution in [2.45, 2.75) is 51.5 Å². The summed E-state index contributed by atoms with van der Waals surface area (Å²) >= 11 is 0. The maximum atomic E-state index is 13.1. The highest BCUT2D eigenvalue weighted by molar-refractivity contribution is 7.89. The van der Waals surface area contributed by atoms with Gasteiger partial charge in [0.1, 0.15) is 22.0 Å². The first-order valence-electron chi connectivity index (χ1n) is 9.51. The number of aromatic carboxylic acids is 1. The van der Waals surface area contributed by atoms with Gasteiger partial charge in [0.05, 0.1) is 6.20 Å². The largest absolute Gasteiger partial charge is 0.478 e. The lowest BCUT2D eigenvalue weighted by atomic mass is 9.89. The summed E-state index contributed by atoms with van der Waals surface area (Å²) in [6, 6.07) is 0. The molecule has 9 nitrogen and oxygen atoms in total. The molecule has 0 bridgehead atoms. The van der Waals surface area contributed by atoms with Crippen LogP contribution in [0, 0.1) is 13.8 Å². The van der Waals surface area contributed by atoms with Crippen LogP contribution >= 0.6 is 0 Å². The van der Waals surface area contributed by atoms with Gasteiger partial charge in [0.15, 0.2) is 0 Å². The molecule has 0 radical (unpaired) electrons. The topological polar surface area (TPSA) is 120 Å². The summed E-state index contributed by atoms with van der Waals surface area (Å²) in [6.45, 7) is 11.6. The lowest BCUT2D eigenvalue weighted by Gasteiger charge is -2.34. The number of piperazine rings is 1. The van der Waals surface area contributed by atoms with Gasteiger partial charge in [-0.2, -0.15) is 9.40 Å². The maximum absolute atomic E-state index is 13.1. The number of carboxylic acids is 1. The number of hydrogen-bond acceptors (Lipinski definition) is 6. The van der Waals surface area contributed by atoms with Crippen LogP contribution in [0.4, 0.5) is 0 Å². The molecule has 10 heteroatoms. The van der Waals surface area contributed by atoms with Crippen LogP contribution in [-0.2, 0) is 22.0 Å². The second-order valence-electron chi connectivity index (χ2n) is 8.42. The standard InChI is InChI=1S/C19H28N4O5S/c1-12-15(18(24)25)16(13(2)28-12)29(26,27)23-8-6-22(7-9-23)11-14-10-20-21-17(14)19(3,4)5/h10H,6-9,11H2,1-5H3,(H,20,21)(H,24,25). The third-order valence-corrected chi connectivity index (χ3v) is 7.26. The Morgan fingerprint density at radius 3 is 2.38 bits per heavy atom. The molecule has 0 unspecified atom stereocenters. The molecular weight excluding hydrogens is 396 g/mol. The number of aromatic nitrogens is 2. The molecule has 0 saturated carbocycles. The van der Waals surface area contributed by atoms with E-state index in [2.05, 4.69) is 35.9 Å². The van der Waals surface area contributed by atoms with Crippen molar-refractivity contribution < 1.29 is 22.7 Å². The normalized spacial score (nSPS) is 17.0. The van der Waals surface area contributed by atoms with E-state index in [0.29, 0.717) is 19.6 Å². The molecule has 1 aliphatic rings. The highest BCUT2D eigenvalue weighted by Crippen LogP contribution is 2.30. The molecule has 3 heterocycles. The van der Waals surface area contributed by atoms with Gasteiger partial charge in [0.25, 0.3) is 0 Å². The minimum atomic E-state index is -3.95. The van der Waals surface area contributed by atoms with Crippen molar-refractivity contribution in [3.63, 3.8) is 0 Å². The number of sulfonamides is 1. The SMILES string of the molecule is Cc1oc(C)c(S(=O)(=O)N2CCN(Cc3cn[nH]c3C(C)(C)C)CC2)c1C(=O)O. The summed E-state index contributed by atoms with van der Waals surface area (Å²) in [6.07, 6.45) is 1.82. The zero-order valence-electron chi connectivity index (χ0n) is 17.4. The first-order chi connectivity index (χ1) is 13.4. The minimum absolute atomic E-state index is 0.0547. The van der Waals surface area contributed by atoms with Crippen molar-refractivity contribution in [1.82, 2.24) is 19.4 Å². The summed E-state index contributed by atoms with van der Waals surface area (Å²) in [7, 11) is -3.95. The van der Waals surface area contributed by atoms with Crippen LogP contribution in [0.25, 0.3) is 0 Å². The fourth-order valence-electron chi connectivity index (χ4n) is 3.80. The Morgan fingerprint density at radius 2 is 1.83 bits per heavy atom. The van der Waals surface area contributed by atoms with Gasteiger partial charge in [-0.05, 0) is 13.8 Å². The van der Waals surface area contributed by atoms with E-state index in [9.17, 15) is 18.3 Å². The van der Waals surface area contributed by atoms with Crippen LogP contribution in [0.5, 0.6) is 0 Å². The number of carbonyl (C=O) groups is 1. The second kappa shape index (κ2) is 7.58. The van der Waals surface area contributed by atoms with E-state index in [1.807, 2.05) is 6.20 Å². The van der Waals surface area contributed by atoms with Gasteiger partial charge in [-0.25, -0.2) is 13.2 Å². The molecule has 1 saturated heterocycles. The highest BCUT2D eigenvalue weighted by Gasteiger charge is 2.36. The summed E-state index contributed by atoms with van der Waals surface area (Å²) in [5.74, 6) is -1.09. The third-order valence-electron chi connectivity index (χ3n) is 5.21. The predicted octanol–water partition coefficient (Wildman–Crippen LogP) is 2.12. The molecule has 2 aromatic rings. The summed E-state index contributed by atoms with van der Waals surface area (Å²) in [5, 5.41) is 16.7. The van der Waals surface area contributed by atoms with Crippen LogP contribution in [-0.4, -0.2) is 65.1 Å². The third kappa shape index (κ3) is 4.10. The number of furan rings is 1. The molecule has 160 valence electrons. The molecule has 1 aliphatic heterocycles. The van der Waals surface area contributed by atoms with E-state index >= 15 is 0 Å². The first kappa shape index (κ1) is 21.5. The molecule has 0 aromatic carbocycles. The van der Waals surface area contributed by atoms with Gasteiger partial charge in [0, 0.05) is 49.4 Å². The van der Waals surface area contributed by atoms with Crippen LogP contribution in [0.1, 0.15) is 53.9 Å². The molecule has 0 aliphatic carbocycles. The fraction of sp³-hybridized carbons (Fsp3) is 0.579. The van der Waals surface area contributed by atoms with Crippen LogP contribution in [0.15, 0.2) is 15.5 Å². The van der Waals surface area contributed by atoms with Crippen molar-refractivity contribution in [1.29, 1.82) is 0 Å². The molecule has 3 rings (SSSR count). The molecular formula is C19H28N4O5S. The zero-order valence-corrected chi connectivity index (χ0v) is 18.3. The van der Waals surface area contributed by atoms with Gasteiger partial charge >= 0.3 is 5.97 Å². The number of nitrogens with one attached hydrogen (secondary N) is 1. The number of rotatable bonds is 5. The van der Waals surface area contributed by atoms with E-state index in [1.165, 1.54) is 18.2 Å². The summed E-state index contributed by atoms with van der Waals surface area (Å²) in [4.78, 5) is 13.5. The van der Waals surface area contributed by atoms with E-state index in [4.69, 9.17) is 4.42 Å². The number of carboxylic acid groups (broad SMARTS) is 1. The van der Waals surface area contributed by atoms with Crippen LogP contribution < -0.4 is 0 Å². The molecule has 29 heavy (non-hydrogen) atoms. The van der Waals surface area contributed by atoms with Gasteiger partial charge in [-0.15, -0.1) is 0 Å². The minimum Gasteiger partial charge on any atom is -0.478 e.